The van der Waals surface area contributed by atoms with Crippen LogP contribution in [-0.4, -0.2) is 12.6 Å². The van der Waals surface area contributed by atoms with Crippen LogP contribution in [0.4, 0.5) is 4.39 Å². The quantitative estimate of drug-likeness (QED) is 0.680. The largest absolute Gasteiger partial charge is 0.462 e. The lowest BCUT2D eigenvalue weighted by molar-refractivity contribution is -0.142. The average Bonchev–Trinajstić information content (AvgIpc) is 2.51. The standard InChI is InChI=1S/C8H9FO2S/c1-6(10)11-5-7(9)8-3-2-4-12-8/h2-4,7H,5H2,1H3. The molecule has 1 aromatic rings. The van der Waals surface area contributed by atoms with Gasteiger partial charge in [0.05, 0.1) is 0 Å². The first-order valence-corrected chi connectivity index (χ1v) is 4.39. The van der Waals surface area contributed by atoms with Crippen molar-refractivity contribution in [3.05, 3.63) is 22.4 Å². The summed E-state index contributed by atoms with van der Waals surface area (Å²) in [5.74, 6) is -0.450. The van der Waals surface area contributed by atoms with Gasteiger partial charge in [0.1, 0.15) is 6.61 Å². The fraction of sp³-hybridized carbons (Fsp3) is 0.375. The van der Waals surface area contributed by atoms with Crippen LogP contribution in [0, 0.1) is 0 Å². The number of halogens is 1. The SMILES string of the molecule is CC(=O)OCC(F)c1cccs1. The molecular formula is C8H9FO2S. The molecule has 0 radical (unpaired) electrons. The van der Waals surface area contributed by atoms with Crippen molar-refractivity contribution >= 4 is 17.3 Å². The fourth-order valence-corrected chi connectivity index (χ4v) is 1.43. The van der Waals surface area contributed by atoms with Gasteiger partial charge in [0.2, 0.25) is 0 Å². The molecule has 4 heteroatoms. The van der Waals surface area contributed by atoms with Gasteiger partial charge in [-0.2, -0.15) is 0 Å². The molecule has 0 aliphatic heterocycles. The van der Waals surface area contributed by atoms with Gasteiger partial charge >= 0.3 is 5.97 Å². The predicted octanol–water partition coefficient (Wildman–Crippen LogP) is 2.32. The van der Waals surface area contributed by atoms with E-state index in [1.165, 1.54) is 18.3 Å². The molecule has 0 bridgehead atoms. The minimum Gasteiger partial charge on any atom is -0.462 e. The maximum Gasteiger partial charge on any atom is 0.302 e. The Morgan fingerprint density at radius 3 is 3.08 bits per heavy atom. The van der Waals surface area contributed by atoms with E-state index >= 15 is 0 Å². The first-order valence-electron chi connectivity index (χ1n) is 3.51. The highest BCUT2D eigenvalue weighted by atomic mass is 32.1. The van der Waals surface area contributed by atoms with Crippen molar-refractivity contribution in [2.45, 2.75) is 13.1 Å². The number of rotatable bonds is 3. The van der Waals surface area contributed by atoms with E-state index in [1.54, 1.807) is 17.5 Å². The van der Waals surface area contributed by atoms with Gasteiger partial charge in [-0.3, -0.25) is 4.79 Å². The van der Waals surface area contributed by atoms with E-state index in [-0.39, 0.29) is 6.61 Å². The molecule has 12 heavy (non-hydrogen) atoms. The first kappa shape index (κ1) is 9.19. The number of carbonyl (C=O) groups excluding carboxylic acids is 1. The van der Waals surface area contributed by atoms with Crippen LogP contribution in [0.25, 0.3) is 0 Å². The number of hydrogen-bond donors (Lipinski definition) is 0. The van der Waals surface area contributed by atoms with Crippen molar-refractivity contribution in [3.63, 3.8) is 0 Å². The molecule has 0 fully saturated rings. The fourth-order valence-electron chi connectivity index (χ4n) is 0.742. The number of carbonyl (C=O) groups is 1. The zero-order chi connectivity index (χ0) is 8.97. The monoisotopic (exact) mass is 188 g/mol. The summed E-state index contributed by atoms with van der Waals surface area (Å²) in [5.41, 5.74) is 0. The molecule has 0 spiro atoms. The number of ether oxygens (including phenoxy) is 1. The Labute approximate surface area is 74.0 Å². The summed E-state index contributed by atoms with van der Waals surface area (Å²) in [4.78, 5) is 10.9. The molecule has 0 saturated carbocycles. The van der Waals surface area contributed by atoms with E-state index < -0.39 is 12.1 Å². The Morgan fingerprint density at radius 2 is 2.58 bits per heavy atom. The molecule has 1 heterocycles. The smallest absolute Gasteiger partial charge is 0.302 e. The highest BCUT2D eigenvalue weighted by Gasteiger charge is 2.11. The van der Waals surface area contributed by atoms with Gasteiger partial charge in [-0.05, 0) is 11.4 Å². The van der Waals surface area contributed by atoms with Gasteiger partial charge in [0, 0.05) is 11.8 Å². The van der Waals surface area contributed by atoms with Gasteiger partial charge in [-0.1, -0.05) is 6.07 Å². The van der Waals surface area contributed by atoms with Crippen LogP contribution < -0.4 is 0 Å². The Morgan fingerprint density at radius 1 is 1.83 bits per heavy atom. The summed E-state index contributed by atoms with van der Waals surface area (Å²) in [6.45, 7) is 1.08. The Balaban J connectivity index is 2.39. The number of esters is 1. The summed E-state index contributed by atoms with van der Waals surface area (Å²) >= 11 is 1.32. The molecule has 1 unspecified atom stereocenters. The molecule has 1 atom stereocenters. The predicted molar refractivity (Wildman–Crippen MR) is 44.8 cm³/mol. The van der Waals surface area contributed by atoms with Crippen molar-refractivity contribution in [3.8, 4) is 0 Å². The van der Waals surface area contributed by atoms with E-state index in [2.05, 4.69) is 4.74 Å². The summed E-state index contributed by atoms with van der Waals surface area (Å²) < 4.78 is 17.6. The van der Waals surface area contributed by atoms with E-state index in [0.717, 1.165) is 0 Å². The molecule has 0 saturated heterocycles. The number of alkyl halides is 1. The third kappa shape index (κ3) is 2.62. The molecule has 0 N–H and O–H groups in total. The maximum atomic E-state index is 13.1. The van der Waals surface area contributed by atoms with E-state index in [1.807, 2.05) is 0 Å². The van der Waals surface area contributed by atoms with Gasteiger partial charge in [-0.15, -0.1) is 11.3 Å². The Hall–Kier alpha value is -0.900. The minimum absolute atomic E-state index is 0.185. The average molecular weight is 188 g/mol. The zero-order valence-electron chi connectivity index (χ0n) is 6.62. The third-order valence-corrected chi connectivity index (χ3v) is 2.24. The van der Waals surface area contributed by atoms with E-state index in [0.29, 0.717) is 4.88 Å². The van der Waals surface area contributed by atoms with Gasteiger partial charge in [-0.25, -0.2) is 4.39 Å². The third-order valence-electron chi connectivity index (χ3n) is 1.28. The molecule has 0 aliphatic rings. The minimum atomic E-state index is -1.19. The molecule has 1 rings (SSSR count). The van der Waals surface area contributed by atoms with Crippen molar-refractivity contribution in [2.24, 2.45) is 0 Å². The molecule has 0 aliphatic carbocycles. The van der Waals surface area contributed by atoms with Crippen LogP contribution in [0.15, 0.2) is 17.5 Å². The Kier molecular flexibility index (Phi) is 3.22. The highest BCUT2D eigenvalue weighted by molar-refractivity contribution is 7.10. The summed E-state index contributed by atoms with van der Waals surface area (Å²) in [5, 5.41) is 1.79. The Bertz CT molecular complexity index is 246. The second kappa shape index (κ2) is 4.21. The zero-order valence-corrected chi connectivity index (χ0v) is 7.44. The lowest BCUT2D eigenvalue weighted by Crippen LogP contribution is -2.05. The lowest BCUT2D eigenvalue weighted by atomic mass is 10.3. The summed E-state index contributed by atoms with van der Waals surface area (Å²) in [7, 11) is 0. The van der Waals surface area contributed by atoms with Crippen molar-refractivity contribution in [1.82, 2.24) is 0 Å². The second-order valence-electron chi connectivity index (χ2n) is 2.29. The molecule has 1 aromatic heterocycles. The molecule has 0 amide bonds. The van der Waals surface area contributed by atoms with Crippen LogP contribution in [0.2, 0.25) is 0 Å². The van der Waals surface area contributed by atoms with Crippen molar-refractivity contribution in [1.29, 1.82) is 0 Å². The van der Waals surface area contributed by atoms with Crippen LogP contribution in [0.3, 0.4) is 0 Å². The second-order valence-corrected chi connectivity index (χ2v) is 3.26. The normalized spacial score (nSPS) is 12.5. The topological polar surface area (TPSA) is 26.3 Å². The number of thiophene rings is 1. The summed E-state index contributed by atoms with van der Waals surface area (Å²) in [6.07, 6.45) is -1.19. The van der Waals surface area contributed by atoms with Crippen molar-refractivity contribution < 1.29 is 13.9 Å². The van der Waals surface area contributed by atoms with E-state index in [4.69, 9.17) is 0 Å². The van der Waals surface area contributed by atoms with Crippen LogP contribution in [-0.2, 0) is 9.53 Å². The van der Waals surface area contributed by atoms with Gasteiger partial charge < -0.3 is 4.74 Å². The molecule has 2 nitrogen and oxygen atoms in total. The van der Waals surface area contributed by atoms with Crippen molar-refractivity contribution in [2.75, 3.05) is 6.61 Å². The lowest BCUT2D eigenvalue weighted by Gasteiger charge is -2.04. The molecule has 0 aromatic carbocycles. The van der Waals surface area contributed by atoms with Crippen LogP contribution in [0.5, 0.6) is 0 Å². The van der Waals surface area contributed by atoms with Crippen LogP contribution in [0.1, 0.15) is 18.0 Å². The van der Waals surface area contributed by atoms with Crippen LogP contribution >= 0.6 is 11.3 Å². The number of hydrogen-bond acceptors (Lipinski definition) is 3. The van der Waals surface area contributed by atoms with Gasteiger partial charge in [0.15, 0.2) is 6.17 Å². The first-order chi connectivity index (χ1) is 5.70. The summed E-state index contributed by atoms with van der Waals surface area (Å²) in [6, 6.07) is 3.44. The molecular weight excluding hydrogens is 179 g/mol. The maximum absolute atomic E-state index is 13.1. The molecule has 66 valence electrons. The van der Waals surface area contributed by atoms with Gasteiger partial charge in [0.25, 0.3) is 0 Å². The van der Waals surface area contributed by atoms with E-state index in [9.17, 15) is 9.18 Å². The highest BCUT2D eigenvalue weighted by Crippen LogP contribution is 2.22.